The van der Waals surface area contributed by atoms with Gasteiger partial charge in [-0.15, -0.1) is 0 Å². The van der Waals surface area contributed by atoms with Crippen molar-refractivity contribution in [3.63, 3.8) is 0 Å². The SMILES string of the molecule is O=C1COc2cc(OCc3ccc(Br)cc3Cl)ccc21. The lowest BCUT2D eigenvalue weighted by atomic mass is 10.1. The van der Waals surface area contributed by atoms with Crippen LogP contribution < -0.4 is 9.47 Å². The minimum Gasteiger partial charge on any atom is -0.489 e. The largest absolute Gasteiger partial charge is 0.489 e. The quantitative estimate of drug-likeness (QED) is 0.827. The minimum absolute atomic E-state index is 0.00232. The third-order valence-corrected chi connectivity index (χ3v) is 3.87. The topological polar surface area (TPSA) is 35.5 Å². The molecule has 0 fully saturated rings. The molecule has 3 nitrogen and oxygen atoms in total. The molecule has 102 valence electrons. The lowest BCUT2D eigenvalue weighted by Gasteiger charge is -2.09. The van der Waals surface area contributed by atoms with Gasteiger partial charge in [0.2, 0.25) is 5.78 Å². The van der Waals surface area contributed by atoms with E-state index < -0.39 is 0 Å². The van der Waals surface area contributed by atoms with E-state index in [1.54, 1.807) is 18.2 Å². The monoisotopic (exact) mass is 352 g/mol. The van der Waals surface area contributed by atoms with Crippen LogP contribution in [0.3, 0.4) is 0 Å². The second-order valence-electron chi connectivity index (χ2n) is 4.39. The van der Waals surface area contributed by atoms with Crippen LogP contribution in [-0.4, -0.2) is 12.4 Å². The van der Waals surface area contributed by atoms with E-state index in [-0.39, 0.29) is 12.4 Å². The highest BCUT2D eigenvalue weighted by Gasteiger charge is 2.21. The number of ether oxygens (including phenoxy) is 2. The van der Waals surface area contributed by atoms with E-state index in [1.165, 1.54) is 0 Å². The summed E-state index contributed by atoms with van der Waals surface area (Å²) >= 11 is 9.49. The van der Waals surface area contributed by atoms with Crippen LogP contribution in [0.1, 0.15) is 15.9 Å². The van der Waals surface area contributed by atoms with E-state index in [0.29, 0.717) is 28.7 Å². The fourth-order valence-electron chi connectivity index (χ4n) is 1.96. The third-order valence-electron chi connectivity index (χ3n) is 3.02. The zero-order valence-electron chi connectivity index (χ0n) is 10.4. The second kappa shape index (κ2) is 5.46. The molecule has 0 bridgehead atoms. The van der Waals surface area contributed by atoms with E-state index in [2.05, 4.69) is 15.9 Å². The number of Topliss-reactive ketones (excluding diaryl/α,β-unsaturated/α-hetero) is 1. The Bertz CT molecular complexity index is 685. The number of fused-ring (bicyclic) bond motifs is 1. The normalized spacial score (nSPS) is 13.0. The molecule has 0 aromatic heterocycles. The molecule has 5 heteroatoms. The van der Waals surface area contributed by atoms with E-state index >= 15 is 0 Å². The Morgan fingerprint density at radius 1 is 1.25 bits per heavy atom. The number of rotatable bonds is 3. The number of hydrogen-bond acceptors (Lipinski definition) is 3. The average Bonchev–Trinajstić information content (AvgIpc) is 2.79. The summed E-state index contributed by atoms with van der Waals surface area (Å²) in [7, 11) is 0. The molecule has 0 unspecified atom stereocenters. The van der Waals surface area contributed by atoms with Crippen molar-refractivity contribution in [1.82, 2.24) is 0 Å². The molecule has 2 aromatic rings. The van der Waals surface area contributed by atoms with Crippen molar-refractivity contribution in [2.24, 2.45) is 0 Å². The molecule has 0 N–H and O–H groups in total. The van der Waals surface area contributed by atoms with Crippen molar-refractivity contribution in [2.75, 3.05) is 6.61 Å². The second-order valence-corrected chi connectivity index (χ2v) is 5.72. The van der Waals surface area contributed by atoms with E-state index in [1.807, 2.05) is 18.2 Å². The first kappa shape index (κ1) is 13.5. The van der Waals surface area contributed by atoms with Crippen LogP contribution in [0.15, 0.2) is 40.9 Å². The van der Waals surface area contributed by atoms with Gasteiger partial charge in [0.15, 0.2) is 6.61 Å². The Labute approximate surface area is 129 Å². The zero-order chi connectivity index (χ0) is 14.1. The Balaban J connectivity index is 1.74. The van der Waals surface area contributed by atoms with Crippen LogP contribution in [0.2, 0.25) is 5.02 Å². The first-order valence-corrected chi connectivity index (χ1v) is 7.17. The number of halogens is 2. The maximum Gasteiger partial charge on any atom is 0.203 e. The molecule has 20 heavy (non-hydrogen) atoms. The number of carbonyl (C=O) groups is 1. The van der Waals surface area contributed by atoms with Gasteiger partial charge in [0.05, 0.1) is 5.56 Å². The van der Waals surface area contributed by atoms with Gasteiger partial charge in [0.25, 0.3) is 0 Å². The standard InChI is InChI=1S/C15H10BrClO3/c16-10-2-1-9(13(17)5-10)7-19-11-3-4-12-14(18)8-20-15(12)6-11/h1-6H,7-8H2. The van der Waals surface area contributed by atoms with E-state index in [0.717, 1.165) is 10.0 Å². The van der Waals surface area contributed by atoms with Gasteiger partial charge in [-0.2, -0.15) is 0 Å². The predicted octanol–water partition coefficient (Wildman–Crippen LogP) is 4.26. The van der Waals surface area contributed by atoms with Gasteiger partial charge in [-0.3, -0.25) is 4.79 Å². The first-order valence-electron chi connectivity index (χ1n) is 6.00. The van der Waals surface area contributed by atoms with Crippen molar-refractivity contribution in [3.05, 3.63) is 57.0 Å². The highest BCUT2D eigenvalue weighted by molar-refractivity contribution is 9.10. The summed E-state index contributed by atoms with van der Waals surface area (Å²) < 4.78 is 11.9. The van der Waals surface area contributed by atoms with Crippen LogP contribution >= 0.6 is 27.5 Å². The smallest absolute Gasteiger partial charge is 0.203 e. The van der Waals surface area contributed by atoms with Crippen LogP contribution in [0, 0.1) is 0 Å². The molecule has 1 aliphatic rings. The summed E-state index contributed by atoms with van der Waals surface area (Å²) in [5.41, 5.74) is 1.51. The third kappa shape index (κ3) is 2.67. The lowest BCUT2D eigenvalue weighted by Crippen LogP contribution is -1.98. The minimum atomic E-state index is 0.00232. The number of ketones is 1. The highest BCUT2D eigenvalue weighted by Crippen LogP contribution is 2.30. The highest BCUT2D eigenvalue weighted by atomic mass is 79.9. The summed E-state index contributed by atoms with van der Waals surface area (Å²) in [6.45, 7) is 0.468. The molecular weight excluding hydrogens is 344 g/mol. The van der Waals surface area contributed by atoms with Crippen molar-refractivity contribution in [3.8, 4) is 11.5 Å². The van der Waals surface area contributed by atoms with Crippen LogP contribution in [0.5, 0.6) is 11.5 Å². The number of carbonyl (C=O) groups excluding carboxylic acids is 1. The molecule has 1 heterocycles. The fourth-order valence-corrected chi connectivity index (χ4v) is 2.69. The lowest BCUT2D eigenvalue weighted by molar-refractivity contribution is 0.0961. The first-order chi connectivity index (χ1) is 9.63. The van der Waals surface area contributed by atoms with Crippen LogP contribution in [-0.2, 0) is 6.61 Å². The maximum atomic E-state index is 11.4. The van der Waals surface area contributed by atoms with Gasteiger partial charge in [-0.05, 0) is 24.3 Å². The maximum absolute atomic E-state index is 11.4. The molecule has 2 aromatic carbocycles. The Hall–Kier alpha value is -1.52. The van der Waals surface area contributed by atoms with Gasteiger partial charge in [-0.1, -0.05) is 33.6 Å². The van der Waals surface area contributed by atoms with Crippen LogP contribution in [0.4, 0.5) is 0 Å². The summed E-state index contributed by atoms with van der Waals surface area (Å²) in [4.78, 5) is 11.4. The summed E-state index contributed by atoms with van der Waals surface area (Å²) in [6.07, 6.45) is 0. The molecule has 0 radical (unpaired) electrons. The van der Waals surface area contributed by atoms with Gasteiger partial charge in [-0.25, -0.2) is 0 Å². The summed E-state index contributed by atoms with van der Waals surface area (Å²) in [5.74, 6) is 1.23. The summed E-state index contributed by atoms with van der Waals surface area (Å²) in [6, 6.07) is 10.9. The van der Waals surface area contributed by atoms with Crippen molar-refractivity contribution in [2.45, 2.75) is 6.61 Å². The Kier molecular flexibility index (Phi) is 3.68. The molecule has 0 spiro atoms. The summed E-state index contributed by atoms with van der Waals surface area (Å²) in [5, 5.41) is 0.645. The fraction of sp³-hybridized carbons (Fsp3) is 0.133. The average molecular weight is 354 g/mol. The van der Waals surface area contributed by atoms with Gasteiger partial charge in [0.1, 0.15) is 18.1 Å². The number of benzene rings is 2. The van der Waals surface area contributed by atoms with Gasteiger partial charge < -0.3 is 9.47 Å². The van der Waals surface area contributed by atoms with Crippen molar-refractivity contribution >= 4 is 33.3 Å². The molecule has 0 amide bonds. The van der Waals surface area contributed by atoms with E-state index in [4.69, 9.17) is 21.1 Å². The van der Waals surface area contributed by atoms with Crippen molar-refractivity contribution < 1.29 is 14.3 Å². The van der Waals surface area contributed by atoms with Gasteiger partial charge >= 0.3 is 0 Å². The molecule has 1 aliphatic heterocycles. The molecule has 0 aliphatic carbocycles. The molecule has 0 atom stereocenters. The predicted molar refractivity (Wildman–Crippen MR) is 79.8 cm³/mol. The molecule has 0 saturated heterocycles. The molecular formula is C15H10BrClO3. The molecule has 0 saturated carbocycles. The van der Waals surface area contributed by atoms with E-state index in [9.17, 15) is 4.79 Å². The zero-order valence-corrected chi connectivity index (χ0v) is 12.7. The Morgan fingerprint density at radius 3 is 2.90 bits per heavy atom. The Morgan fingerprint density at radius 2 is 2.10 bits per heavy atom. The molecule has 3 rings (SSSR count). The van der Waals surface area contributed by atoms with Crippen molar-refractivity contribution in [1.29, 1.82) is 0 Å². The van der Waals surface area contributed by atoms with Crippen LogP contribution in [0.25, 0.3) is 0 Å². The number of hydrogen-bond donors (Lipinski definition) is 0. The van der Waals surface area contributed by atoms with Gasteiger partial charge in [0, 0.05) is 21.1 Å².